The second kappa shape index (κ2) is 8.03. The summed E-state index contributed by atoms with van der Waals surface area (Å²) in [5, 5.41) is 12.2. The quantitative estimate of drug-likeness (QED) is 0.472. The van der Waals surface area contributed by atoms with E-state index in [4.69, 9.17) is 4.74 Å². The number of imide groups is 2. The molecule has 2 heterocycles. The lowest BCUT2D eigenvalue weighted by atomic mass is 10.1. The normalized spacial score (nSPS) is 16.4. The van der Waals surface area contributed by atoms with Gasteiger partial charge in [-0.05, 0) is 61.0 Å². The van der Waals surface area contributed by atoms with E-state index in [2.05, 4.69) is 5.32 Å². The third kappa shape index (κ3) is 3.60. The number of aliphatic carboxylic acids is 1. The first kappa shape index (κ1) is 20.9. The number of carbonyl (C=O) groups excluding carboxylic acids is 3. The van der Waals surface area contributed by atoms with E-state index < -0.39 is 29.9 Å². The fourth-order valence-corrected chi connectivity index (χ4v) is 3.52. The lowest BCUT2D eigenvalue weighted by Crippen LogP contribution is -2.54. The fraction of sp³-hybridized carbons (Fsp3) is 0.130. The van der Waals surface area contributed by atoms with Gasteiger partial charge in [-0.25, -0.2) is 14.5 Å². The van der Waals surface area contributed by atoms with Crippen LogP contribution < -0.4 is 15.0 Å². The molecule has 1 aromatic heterocycles. The SMILES string of the molecule is COc1ccc(N2C(=O)NC(=O)/C(=C\c3ccc4c(ccn4[C@@H](C)C(=O)O)c3)C2=O)cc1. The van der Waals surface area contributed by atoms with E-state index in [0.29, 0.717) is 22.5 Å². The molecule has 4 rings (SSSR count). The second-order valence-corrected chi connectivity index (χ2v) is 7.21. The Kier molecular flexibility index (Phi) is 5.23. The zero-order chi connectivity index (χ0) is 23.0. The molecule has 2 N–H and O–H groups in total. The van der Waals surface area contributed by atoms with Gasteiger partial charge in [0.05, 0.1) is 12.8 Å². The predicted molar refractivity (Wildman–Crippen MR) is 116 cm³/mol. The van der Waals surface area contributed by atoms with Crippen molar-refractivity contribution < 1.29 is 29.0 Å². The topological polar surface area (TPSA) is 118 Å². The molecule has 0 saturated carbocycles. The number of amides is 4. The van der Waals surface area contributed by atoms with E-state index in [1.807, 2.05) is 0 Å². The average Bonchev–Trinajstić information content (AvgIpc) is 3.19. The van der Waals surface area contributed by atoms with Crippen LogP contribution in [0.15, 0.2) is 60.3 Å². The predicted octanol–water partition coefficient (Wildman–Crippen LogP) is 2.96. The van der Waals surface area contributed by atoms with Gasteiger partial charge in [0, 0.05) is 17.1 Å². The minimum Gasteiger partial charge on any atom is -0.497 e. The van der Waals surface area contributed by atoms with Crippen molar-refractivity contribution in [1.82, 2.24) is 9.88 Å². The van der Waals surface area contributed by atoms with E-state index in [0.717, 1.165) is 10.3 Å². The van der Waals surface area contributed by atoms with Gasteiger partial charge < -0.3 is 14.4 Å². The molecule has 3 aromatic rings. The number of anilines is 1. The van der Waals surface area contributed by atoms with Crippen molar-refractivity contribution in [1.29, 1.82) is 0 Å². The van der Waals surface area contributed by atoms with Crippen LogP contribution in [0.4, 0.5) is 10.5 Å². The maximum atomic E-state index is 13.0. The maximum absolute atomic E-state index is 13.0. The highest BCUT2D eigenvalue weighted by Crippen LogP contribution is 2.26. The first-order chi connectivity index (χ1) is 15.3. The van der Waals surface area contributed by atoms with Crippen LogP contribution in [0.5, 0.6) is 5.75 Å². The van der Waals surface area contributed by atoms with Crippen molar-refractivity contribution in [2.24, 2.45) is 0 Å². The van der Waals surface area contributed by atoms with Crippen LogP contribution in [0, 0.1) is 0 Å². The lowest BCUT2D eigenvalue weighted by molar-refractivity contribution is -0.140. The number of carboxylic acid groups (broad SMARTS) is 1. The largest absolute Gasteiger partial charge is 0.497 e. The zero-order valence-corrected chi connectivity index (χ0v) is 17.2. The molecule has 32 heavy (non-hydrogen) atoms. The van der Waals surface area contributed by atoms with E-state index >= 15 is 0 Å². The summed E-state index contributed by atoms with van der Waals surface area (Å²) in [4.78, 5) is 49.9. The van der Waals surface area contributed by atoms with E-state index in [9.17, 15) is 24.3 Å². The van der Waals surface area contributed by atoms with Crippen LogP contribution in [-0.4, -0.2) is 40.6 Å². The molecule has 9 nitrogen and oxygen atoms in total. The van der Waals surface area contributed by atoms with E-state index in [-0.39, 0.29) is 5.57 Å². The van der Waals surface area contributed by atoms with Crippen molar-refractivity contribution in [3.05, 3.63) is 65.9 Å². The van der Waals surface area contributed by atoms with Crippen LogP contribution in [0.2, 0.25) is 0 Å². The molecular formula is C23H19N3O6. The third-order valence-corrected chi connectivity index (χ3v) is 5.26. The van der Waals surface area contributed by atoms with Crippen molar-refractivity contribution in [2.45, 2.75) is 13.0 Å². The van der Waals surface area contributed by atoms with Crippen molar-refractivity contribution >= 4 is 46.5 Å². The van der Waals surface area contributed by atoms with Crippen molar-refractivity contribution in [2.75, 3.05) is 12.0 Å². The Balaban J connectivity index is 1.69. The molecule has 0 bridgehead atoms. The van der Waals surface area contributed by atoms with E-state index in [1.54, 1.807) is 66.2 Å². The summed E-state index contributed by atoms with van der Waals surface area (Å²) in [5.41, 5.74) is 1.36. The number of hydrogen-bond acceptors (Lipinski definition) is 5. The molecule has 0 spiro atoms. The zero-order valence-electron chi connectivity index (χ0n) is 17.2. The number of aromatic nitrogens is 1. The molecule has 1 fully saturated rings. The fourth-order valence-electron chi connectivity index (χ4n) is 3.52. The minimum atomic E-state index is -0.957. The summed E-state index contributed by atoms with van der Waals surface area (Å²) in [6.07, 6.45) is 3.07. The highest BCUT2D eigenvalue weighted by atomic mass is 16.5. The minimum absolute atomic E-state index is 0.196. The number of ether oxygens (including phenoxy) is 1. The lowest BCUT2D eigenvalue weighted by Gasteiger charge is -2.26. The van der Waals surface area contributed by atoms with Gasteiger partial charge in [-0.3, -0.25) is 14.9 Å². The Morgan fingerprint density at radius 3 is 2.47 bits per heavy atom. The third-order valence-electron chi connectivity index (χ3n) is 5.26. The molecule has 1 saturated heterocycles. The Morgan fingerprint density at radius 2 is 1.81 bits per heavy atom. The van der Waals surface area contributed by atoms with Gasteiger partial charge in [-0.2, -0.15) is 0 Å². The summed E-state index contributed by atoms with van der Waals surface area (Å²) in [6, 6.07) is 11.6. The molecule has 1 aliphatic heterocycles. The molecule has 0 aliphatic carbocycles. The van der Waals surface area contributed by atoms with Crippen LogP contribution in [0.25, 0.3) is 17.0 Å². The molecular weight excluding hydrogens is 414 g/mol. The summed E-state index contributed by atoms with van der Waals surface area (Å²) in [6.45, 7) is 1.58. The smallest absolute Gasteiger partial charge is 0.335 e. The Labute approximate surface area is 182 Å². The number of hydrogen-bond donors (Lipinski definition) is 2. The maximum Gasteiger partial charge on any atom is 0.335 e. The standard InChI is InChI=1S/C23H19N3O6/c1-13(22(29)30)25-10-9-15-11-14(3-8-19(15)25)12-18-20(27)24-23(31)26(21(18)28)16-4-6-17(32-2)7-5-16/h3-13H,1-2H3,(H,29,30)(H,24,27,31)/b18-12+/t13-/m0/s1. The monoisotopic (exact) mass is 433 g/mol. The summed E-state index contributed by atoms with van der Waals surface area (Å²) >= 11 is 0. The Bertz CT molecular complexity index is 1290. The molecule has 0 unspecified atom stereocenters. The van der Waals surface area contributed by atoms with Gasteiger partial charge in [-0.15, -0.1) is 0 Å². The van der Waals surface area contributed by atoms with Crippen LogP contribution in [-0.2, 0) is 14.4 Å². The molecule has 4 amide bonds. The van der Waals surface area contributed by atoms with Crippen molar-refractivity contribution in [3.63, 3.8) is 0 Å². The van der Waals surface area contributed by atoms with Gasteiger partial charge in [0.15, 0.2) is 0 Å². The number of rotatable bonds is 5. The van der Waals surface area contributed by atoms with Gasteiger partial charge >= 0.3 is 12.0 Å². The van der Waals surface area contributed by atoms with Gasteiger partial charge in [0.2, 0.25) is 0 Å². The van der Waals surface area contributed by atoms with Gasteiger partial charge in [0.1, 0.15) is 17.4 Å². The van der Waals surface area contributed by atoms with E-state index in [1.165, 1.54) is 13.2 Å². The number of urea groups is 1. The molecule has 162 valence electrons. The second-order valence-electron chi connectivity index (χ2n) is 7.21. The number of barbiturate groups is 1. The molecule has 0 radical (unpaired) electrons. The summed E-state index contributed by atoms with van der Waals surface area (Å²) in [5.74, 6) is -1.94. The number of nitrogens with one attached hydrogen (secondary N) is 1. The summed E-state index contributed by atoms with van der Waals surface area (Å²) in [7, 11) is 1.50. The molecule has 1 aliphatic rings. The first-order valence-electron chi connectivity index (χ1n) is 9.69. The highest BCUT2D eigenvalue weighted by molar-refractivity contribution is 6.39. The van der Waals surface area contributed by atoms with Crippen LogP contribution in [0.1, 0.15) is 18.5 Å². The first-order valence-corrected chi connectivity index (χ1v) is 9.69. The van der Waals surface area contributed by atoms with Crippen LogP contribution in [0.3, 0.4) is 0 Å². The van der Waals surface area contributed by atoms with Gasteiger partial charge in [0.25, 0.3) is 11.8 Å². The van der Waals surface area contributed by atoms with Crippen LogP contribution >= 0.6 is 0 Å². The molecule has 1 atom stereocenters. The highest BCUT2D eigenvalue weighted by Gasteiger charge is 2.36. The number of carbonyl (C=O) groups is 4. The van der Waals surface area contributed by atoms with Crippen molar-refractivity contribution in [3.8, 4) is 5.75 Å². The Morgan fingerprint density at radius 1 is 1.09 bits per heavy atom. The number of methoxy groups -OCH3 is 1. The number of nitrogens with zero attached hydrogens (tertiary/aromatic N) is 2. The van der Waals surface area contributed by atoms with Gasteiger partial charge in [-0.1, -0.05) is 6.07 Å². The Hall–Kier alpha value is -4.40. The summed E-state index contributed by atoms with van der Waals surface area (Å²) < 4.78 is 6.71. The number of benzene rings is 2. The average molecular weight is 433 g/mol. The molecule has 9 heteroatoms. The number of carboxylic acids is 1. The number of fused-ring (bicyclic) bond motifs is 1. The molecule has 2 aromatic carbocycles.